The lowest BCUT2D eigenvalue weighted by Gasteiger charge is -2.18. The molecule has 0 fully saturated rings. The van der Waals surface area contributed by atoms with Crippen molar-refractivity contribution in [3.63, 3.8) is 0 Å². The fourth-order valence-electron chi connectivity index (χ4n) is 1.70. The first-order valence-electron chi connectivity index (χ1n) is 5.53. The number of carbonyl (C=O) groups is 1. The average molecular weight is 241 g/mol. The maximum absolute atomic E-state index is 11.8. The highest BCUT2D eigenvalue weighted by molar-refractivity contribution is 7.14. The Kier molecular flexibility index (Phi) is 4.80. The lowest BCUT2D eigenvalue weighted by molar-refractivity contribution is -0.145. The van der Waals surface area contributed by atoms with E-state index in [4.69, 9.17) is 4.74 Å². The van der Waals surface area contributed by atoms with Gasteiger partial charge in [-0.05, 0) is 24.8 Å². The number of nitrogens with zero attached hydrogens (tertiary/aromatic N) is 1. The second kappa shape index (κ2) is 5.89. The molecule has 0 aliphatic heterocycles. The maximum atomic E-state index is 11.8. The highest BCUT2D eigenvalue weighted by atomic mass is 32.1. The maximum Gasteiger partial charge on any atom is 0.313 e. The molecule has 0 aliphatic rings. The van der Waals surface area contributed by atoms with Crippen LogP contribution < -0.4 is 4.90 Å². The van der Waals surface area contributed by atoms with E-state index in [0.717, 1.165) is 17.0 Å². The summed E-state index contributed by atoms with van der Waals surface area (Å²) >= 11 is 1.65. The normalized spacial score (nSPS) is 12.2. The SMILES string of the molecule is CCOC(=O)C(CC)c1ccsc1N(C)C. The number of ether oxygens (including phenoxy) is 1. The van der Waals surface area contributed by atoms with E-state index in [9.17, 15) is 4.79 Å². The molecule has 1 aromatic heterocycles. The number of rotatable bonds is 5. The van der Waals surface area contributed by atoms with Crippen molar-refractivity contribution in [3.8, 4) is 0 Å². The second-order valence-corrected chi connectivity index (χ2v) is 4.68. The van der Waals surface area contributed by atoms with Gasteiger partial charge in [0.1, 0.15) is 0 Å². The number of thiophene rings is 1. The van der Waals surface area contributed by atoms with Crippen molar-refractivity contribution >= 4 is 22.3 Å². The van der Waals surface area contributed by atoms with Crippen LogP contribution >= 0.6 is 11.3 Å². The van der Waals surface area contributed by atoms with Crippen molar-refractivity contribution in [2.24, 2.45) is 0 Å². The molecule has 3 nitrogen and oxygen atoms in total. The number of hydrogen-bond donors (Lipinski definition) is 0. The van der Waals surface area contributed by atoms with Gasteiger partial charge in [0.05, 0.1) is 17.5 Å². The molecule has 1 atom stereocenters. The lowest BCUT2D eigenvalue weighted by atomic mass is 9.98. The Bertz CT molecular complexity index is 347. The Labute approximate surface area is 101 Å². The van der Waals surface area contributed by atoms with Crippen molar-refractivity contribution in [2.75, 3.05) is 25.6 Å². The van der Waals surface area contributed by atoms with E-state index in [1.165, 1.54) is 0 Å². The zero-order valence-corrected chi connectivity index (χ0v) is 11.1. The molecule has 0 N–H and O–H groups in total. The molecule has 0 amide bonds. The molecule has 4 heteroatoms. The molecule has 1 heterocycles. The summed E-state index contributed by atoms with van der Waals surface area (Å²) in [7, 11) is 3.99. The molecular weight excluding hydrogens is 222 g/mol. The van der Waals surface area contributed by atoms with Crippen molar-refractivity contribution in [3.05, 3.63) is 17.0 Å². The molecule has 0 aromatic carbocycles. The molecular formula is C12H19NO2S. The Balaban J connectivity index is 2.94. The molecule has 0 saturated heterocycles. The Morgan fingerprint density at radius 2 is 2.19 bits per heavy atom. The van der Waals surface area contributed by atoms with Crippen LogP contribution in [0.25, 0.3) is 0 Å². The van der Waals surface area contributed by atoms with Gasteiger partial charge in [0.2, 0.25) is 0 Å². The molecule has 0 aliphatic carbocycles. The third-order valence-corrected chi connectivity index (χ3v) is 3.53. The monoisotopic (exact) mass is 241 g/mol. The summed E-state index contributed by atoms with van der Waals surface area (Å²) in [6, 6.07) is 2.02. The van der Waals surface area contributed by atoms with E-state index < -0.39 is 0 Å². The molecule has 1 unspecified atom stereocenters. The number of hydrogen-bond acceptors (Lipinski definition) is 4. The summed E-state index contributed by atoms with van der Waals surface area (Å²) in [5.74, 6) is -0.255. The van der Waals surface area contributed by atoms with Gasteiger partial charge in [0.25, 0.3) is 0 Å². The summed E-state index contributed by atoms with van der Waals surface area (Å²) in [6.45, 7) is 4.29. The topological polar surface area (TPSA) is 29.5 Å². The summed E-state index contributed by atoms with van der Waals surface area (Å²) in [5, 5.41) is 3.16. The molecule has 0 saturated carbocycles. The summed E-state index contributed by atoms with van der Waals surface area (Å²) in [5.41, 5.74) is 1.08. The summed E-state index contributed by atoms with van der Waals surface area (Å²) in [6.07, 6.45) is 0.774. The fourth-order valence-corrected chi connectivity index (χ4v) is 2.60. The van der Waals surface area contributed by atoms with Gasteiger partial charge in [0, 0.05) is 19.7 Å². The van der Waals surface area contributed by atoms with Crippen LogP contribution in [0.5, 0.6) is 0 Å². The third kappa shape index (κ3) is 2.76. The van der Waals surface area contributed by atoms with Gasteiger partial charge in [-0.3, -0.25) is 4.79 Å². The Morgan fingerprint density at radius 1 is 1.50 bits per heavy atom. The molecule has 0 radical (unpaired) electrons. The largest absolute Gasteiger partial charge is 0.466 e. The van der Waals surface area contributed by atoms with Gasteiger partial charge in [-0.1, -0.05) is 6.92 Å². The highest BCUT2D eigenvalue weighted by Crippen LogP contribution is 2.34. The van der Waals surface area contributed by atoms with Crippen LogP contribution in [0.2, 0.25) is 0 Å². The van der Waals surface area contributed by atoms with Crippen LogP contribution in [-0.2, 0) is 9.53 Å². The quantitative estimate of drug-likeness (QED) is 0.742. The molecule has 1 aromatic rings. The number of carbonyl (C=O) groups excluding carboxylic acids is 1. The van der Waals surface area contributed by atoms with Gasteiger partial charge < -0.3 is 9.64 Å². The first kappa shape index (κ1) is 13.0. The summed E-state index contributed by atoms with van der Waals surface area (Å²) < 4.78 is 5.10. The predicted octanol–water partition coefficient (Wildman–Crippen LogP) is 2.87. The van der Waals surface area contributed by atoms with E-state index in [0.29, 0.717) is 6.61 Å². The summed E-state index contributed by atoms with van der Waals surface area (Å²) in [4.78, 5) is 13.9. The molecule has 0 bridgehead atoms. The highest BCUT2D eigenvalue weighted by Gasteiger charge is 2.24. The van der Waals surface area contributed by atoms with Crippen LogP contribution in [-0.4, -0.2) is 26.7 Å². The van der Waals surface area contributed by atoms with Crippen LogP contribution in [0.15, 0.2) is 11.4 Å². The Hall–Kier alpha value is -1.03. The van der Waals surface area contributed by atoms with E-state index >= 15 is 0 Å². The lowest BCUT2D eigenvalue weighted by Crippen LogP contribution is -2.18. The van der Waals surface area contributed by atoms with Crippen LogP contribution in [0, 0.1) is 0 Å². The van der Waals surface area contributed by atoms with Crippen LogP contribution in [0.3, 0.4) is 0 Å². The molecule has 0 spiro atoms. The van der Waals surface area contributed by atoms with Crippen LogP contribution in [0.1, 0.15) is 31.7 Å². The first-order chi connectivity index (χ1) is 7.61. The average Bonchev–Trinajstić information content (AvgIpc) is 2.68. The Morgan fingerprint density at radius 3 is 2.69 bits per heavy atom. The molecule has 16 heavy (non-hydrogen) atoms. The zero-order chi connectivity index (χ0) is 12.1. The van der Waals surface area contributed by atoms with E-state index in [1.54, 1.807) is 11.3 Å². The van der Waals surface area contributed by atoms with Gasteiger partial charge in [0.15, 0.2) is 0 Å². The van der Waals surface area contributed by atoms with Gasteiger partial charge in [-0.25, -0.2) is 0 Å². The zero-order valence-electron chi connectivity index (χ0n) is 10.3. The fraction of sp³-hybridized carbons (Fsp3) is 0.583. The number of esters is 1. The minimum atomic E-state index is -0.136. The van der Waals surface area contributed by atoms with Gasteiger partial charge >= 0.3 is 5.97 Å². The standard InChI is InChI=1S/C12H19NO2S/c1-5-9(12(14)15-6-2)10-7-8-16-11(10)13(3)4/h7-9H,5-6H2,1-4H3. The van der Waals surface area contributed by atoms with Crippen molar-refractivity contribution in [2.45, 2.75) is 26.2 Å². The predicted molar refractivity (Wildman–Crippen MR) is 68.3 cm³/mol. The van der Waals surface area contributed by atoms with Gasteiger partial charge in [-0.15, -0.1) is 11.3 Å². The molecule has 90 valence electrons. The van der Waals surface area contributed by atoms with Crippen molar-refractivity contribution in [1.82, 2.24) is 0 Å². The number of anilines is 1. The van der Waals surface area contributed by atoms with Crippen molar-refractivity contribution in [1.29, 1.82) is 0 Å². The van der Waals surface area contributed by atoms with E-state index in [1.807, 2.05) is 44.3 Å². The second-order valence-electron chi connectivity index (χ2n) is 3.79. The minimum absolute atomic E-state index is 0.119. The smallest absolute Gasteiger partial charge is 0.313 e. The first-order valence-corrected chi connectivity index (χ1v) is 6.41. The van der Waals surface area contributed by atoms with Crippen LogP contribution in [0.4, 0.5) is 5.00 Å². The van der Waals surface area contributed by atoms with Crippen molar-refractivity contribution < 1.29 is 9.53 Å². The van der Waals surface area contributed by atoms with E-state index in [-0.39, 0.29) is 11.9 Å². The minimum Gasteiger partial charge on any atom is -0.466 e. The molecule has 1 rings (SSSR count). The third-order valence-electron chi connectivity index (χ3n) is 2.44. The van der Waals surface area contributed by atoms with Gasteiger partial charge in [-0.2, -0.15) is 0 Å². The van der Waals surface area contributed by atoms with E-state index in [2.05, 4.69) is 0 Å².